The van der Waals surface area contributed by atoms with Gasteiger partial charge in [-0.05, 0) is 20.8 Å². The fourth-order valence-corrected chi connectivity index (χ4v) is 1.01. The summed E-state index contributed by atoms with van der Waals surface area (Å²) in [7, 11) is 0. The minimum atomic E-state index is -0.130. The van der Waals surface area contributed by atoms with Crippen molar-refractivity contribution in [3.8, 4) is 0 Å². The molecule has 0 aromatic heterocycles. The van der Waals surface area contributed by atoms with Crippen molar-refractivity contribution in [3.63, 3.8) is 0 Å². The lowest BCUT2D eigenvalue weighted by molar-refractivity contribution is -0.146. The summed E-state index contributed by atoms with van der Waals surface area (Å²) < 4.78 is 16.1. The van der Waals surface area contributed by atoms with Crippen LogP contribution in [-0.4, -0.2) is 32.7 Å². The molecule has 0 N–H and O–H groups in total. The van der Waals surface area contributed by atoms with Gasteiger partial charge in [-0.25, -0.2) is 0 Å². The molecule has 0 spiro atoms. The van der Waals surface area contributed by atoms with E-state index < -0.39 is 0 Å². The van der Waals surface area contributed by atoms with E-state index in [1.165, 1.54) is 0 Å². The Morgan fingerprint density at radius 2 is 1.79 bits per heavy atom. The first kappa shape index (κ1) is 13.6. The van der Waals surface area contributed by atoms with Crippen LogP contribution in [0.4, 0.5) is 0 Å². The maximum Gasteiger partial charge on any atom is 0.159 e. The van der Waals surface area contributed by atoms with E-state index in [9.17, 15) is 0 Å². The fraction of sp³-hybridized carbons (Fsp3) is 0.818. The van der Waals surface area contributed by atoms with E-state index >= 15 is 0 Å². The highest BCUT2D eigenvalue weighted by molar-refractivity contribution is 4.87. The molecule has 0 rings (SSSR count). The van der Waals surface area contributed by atoms with Crippen LogP contribution in [0.5, 0.6) is 0 Å². The maximum absolute atomic E-state index is 5.36. The highest BCUT2D eigenvalue weighted by Crippen LogP contribution is 2.02. The number of ether oxygens (including phenoxy) is 3. The number of hydrogen-bond acceptors (Lipinski definition) is 3. The van der Waals surface area contributed by atoms with Crippen LogP contribution in [0.15, 0.2) is 12.2 Å². The molecule has 0 fully saturated rings. The Morgan fingerprint density at radius 3 is 2.21 bits per heavy atom. The third-order valence-electron chi connectivity index (χ3n) is 1.55. The van der Waals surface area contributed by atoms with Crippen LogP contribution in [0, 0.1) is 0 Å². The maximum atomic E-state index is 5.36. The van der Waals surface area contributed by atoms with Crippen LogP contribution < -0.4 is 0 Å². The zero-order valence-corrected chi connectivity index (χ0v) is 9.54. The summed E-state index contributed by atoms with van der Waals surface area (Å²) in [6.07, 6.45) is 0.643. The average Bonchev–Trinajstić information content (AvgIpc) is 2.12. The van der Waals surface area contributed by atoms with Crippen molar-refractivity contribution in [2.75, 3.05) is 26.4 Å². The molecule has 0 atom stereocenters. The molecule has 0 aliphatic carbocycles. The van der Waals surface area contributed by atoms with E-state index in [0.29, 0.717) is 26.4 Å². The molecule has 0 saturated heterocycles. The standard InChI is InChI=1S/C11H22O3/c1-5-13-11(14-6-2)7-8-12-9-10(3)4/h11H,3,5-9H2,1-2,4H3. The van der Waals surface area contributed by atoms with Crippen LogP contribution in [0.25, 0.3) is 0 Å². The Bertz CT molecular complexity index is 139. The third kappa shape index (κ3) is 8.23. The second-order valence-corrected chi connectivity index (χ2v) is 3.14. The summed E-state index contributed by atoms with van der Waals surface area (Å²) in [5, 5.41) is 0. The summed E-state index contributed by atoms with van der Waals surface area (Å²) in [4.78, 5) is 0. The van der Waals surface area contributed by atoms with Crippen LogP contribution in [0.2, 0.25) is 0 Å². The van der Waals surface area contributed by atoms with Gasteiger partial charge in [0.15, 0.2) is 6.29 Å². The Labute approximate surface area is 87.0 Å². The van der Waals surface area contributed by atoms with Gasteiger partial charge in [-0.3, -0.25) is 0 Å². The molecule has 0 bridgehead atoms. The Kier molecular flexibility index (Phi) is 8.94. The second-order valence-electron chi connectivity index (χ2n) is 3.14. The summed E-state index contributed by atoms with van der Waals surface area (Å²) in [5.41, 5.74) is 1.04. The fourth-order valence-electron chi connectivity index (χ4n) is 1.01. The van der Waals surface area contributed by atoms with Crippen molar-refractivity contribution in [1.82, 2.24) is 0 Å². The lowest BCUT2D eigenvalue weighted by Gasteiger charge is -2.16. The zero-order chi connectivity index (χ0) is 10.8. The zero-order valence-electron chi connectivity index (χ0n) is 9.54. The van der Waals surface area contributed by atoms with E-state index in [0.717, 1.165) is 12.0 Å². The van der Waals surface area contributed by atoms with Crippen molar-refractivity contribution < 1.29 is 14.2 Å². The van der Waals surface area contributed by atoms with Gasteiger partial charge in [0, 0.05) is 19.6 Å². The summed E-state index contributed by atoms with van der Waals surface area (Å²) in [6.45, 7) is 12.2. The Hall–Kier alpha value is -0.380. The van der Waals surface area contributed by atoms with Crippen LogP contribution >= 0.6 is 0 Å². The molecule has 14 heavy (non-hydrogen) atoms. The largest absolute Gasteiger partial charge is 0.377 e. The van der Waals surface area contributed by atoms with Crippen LogP contribution in [0.1, 0.15) is 27.2 Å². The highest BCUT2D eigenvalue weighted by atomic mass is 16.7. The topological polar surface area (TPSA) is 27.7 Å². The van der Waals surface area contributed by atoms with Gasteiger partial charge in [0.05, 0.1) is 13.2 Å². The number of rotatable bonds is 9. The molecule has 0 saturated carbocycles. The van der Waals surface area contributed by atoms with E-state index in [1.807, 2.05) is 20.8 Å². The Balaban J connectivity index is 3.44. The first-order valence-electron chi connectivity index (χ1n) is 5.16. The van der Waals surface area contributed by atoms with E-state index in [-0.39, 0.29) is 6.29 Å². The normalized spacial score (nSPS) is 10.9. The molecular weight excluding hydrogens is 180 g/mol. The predicted octanol–water partition coefficient (Wildman–Crippen LogP) is 2.37. The molecule has 84 valence electrons. The van der Waals surface area contributed by atoms with Gasteiger partial charge in [-0.15, -0.1) is 0 Å². The van der Waals surface area contributed by atoms with Gasteiger partial charge in [-0.1, -0.05) is 12.2 Å². The molecule has 0 aromatic carbocycles. The smallest absolute Gasteiger partial charge is 0.159 e. The number of hydrogen-bond donors (Lipinski definition) is 0. The van der Waals surface area contributed by atoms with E-state index in [4.69, 9.17) is 14.2 Å². The van der Waals surface area contributed by atoms with Crippen molar-refractivity contribution in [1.29, 1.82) is 0 Å². The van der Waals surface area contributed by atoms with Crippen molar-refractivity contribution in [2.24, 2.45) is 0 Å². The van der Waals surface area contributed by atoms with Crippen molar-refractivity contribution in [3.05, 3.63) is 12.2 Å². The quantitative estimate of drug-likeness (QED) is 0.326. The van der Waals surface area contributed by atoms with Crippen molar-refractivity contribution >= 4 is 0 Å². The molecular formula is C11H22O3. The molecule has 0 aliphatic heterocycles. The SMILES string of the molecule is C=C(C)COCCC(OCC)OCC. The lowest BCUT2D eigenvalue weighted by atomic mass is 10.4. The summed E-state index contributed by atoms with van der Waals surface area (Å²) >= 11 is 0. The lowest BCUT2D eigenvalue weighted by Crippen LogP contribution is -2.19. The van der Waals surface area contributed by atoms with Crippen molar-refractivity contribution in [2.45, 2.75) is 33.5 Å². The summed E-state index contributed by atoms with van der Waals surface area (Å²) in [5.74, 6) is 0. The molecule has 0 unspecified atom stereocenters. The predicted molar refractivity (Wildman–Crippen MR) is 57.3 cm³/mol. The molecule has 3 nitrogen and oxygen atoms in total. The van der Waals surface area contributed by atoms with E-state index in [2.05, 4.69) is 6.58 Å². The molecule has 3 heteroatoms. The second kappa shape index (κ2) is 9.19. The molecule has 0 radical (unpaired) electrons. The van der Waals surface area contributed by atoms with Gasteiger partial charge in [-0.2, -0.15) is 0 Å². The molecule has 0 aliphatic rings. The van der Waals surface area contributed by atoms with Gasteiger partial charge in [0.2, 0.25) is 0 Å². The molecule has 0 amide bonds. The minimum absolute atomic E-state index is 0.130. The minimum Gasteiger partial charge on any atom is -0.377 e. The Morgan fingerprint density at radius 1 is 1.21 bits per heavy atom. The third-order valence-corrected chi connectivity index (χ3v) is 1.55. The van der Waals surface area contributed by atoms with Crippen LogP contribution in [-0.2, 0) is 14.2 Å². The van der Waals surface area contributed by atoms with Crippen LogP contribution in [0.3, 0.4) is 0 Å². The monoisotopic (exact) mass is 202 g/mol. The first-order valence-corrected chi connectivity index (χ1v) is 5.16. The van der Waals surface area contributed by atoms with Gasteiger partial charge in [0.25, 0.3) is 0 Å². The average molecular weight is 202 g/mol. The molecule has 0 aromatic rings. The highest BCUT2D eigenvalue weighted by Gasteiger charge is 2.06. The molecule has 0 heterocycles. The van der Waals surface area contributed by atoms with Gasteiger partial charge in [0.1, 0.15) is 0 Å². The summed E-state index contributed by atoms with van der Waals surface area (Å²) in [6, 6.07) is 0. The van der Waals surface area contributed by atoms with Gasteiger partial charge >= 0.3 is 0 Å². The van der Waals surface area contributed by atoms with E-state index in [1.54, 1.807) is 0 Å². The van der Waals surface area contributed by atoms with Gasteiger partial charge < -0.3 is 14.2 Å². The first-order chi connectivity index (χ1) is 6.70.